The molecular formula is C16H20N4O3. The second-order valence-electron chi connectivity index (χ2n) is 6.07. The van der Waals surface area contributed by atoms with E-state index in [4.69, 9.17) is 4.74 Å². The van der Waals surface area contributed by atoms with Crippen LogP contribution in [0.3, 0.4) is 0 Å². The topological polar surface area (TPSA) is 83.4 Å². The van der Waals surface area contributed by atoms with E-state index in [0.717, 1.165) is 5.56 Å². The maximum Gasteiger partial charge on any atom is 0.344 e. The lowest BCUT2D eigenvalue weighted by Crippen LogP contribution is -2.33. The minimum atomic E-state index is -0.545. The summed E-state index contributed by atoms with van der Waals surface area (Å²) in [6.45, 7) is 5.36. The third kappa shape index (κ3) is 5.90. The fourth-order valence-corrected chi connectivity index (χ4v) is 1.89. The monoisotopic (exact) mass is 316 g/mol. The van der Waals surface area contributed by atoms with Gasteiger partial charge in [-0.25, -0.2) is 4.79 Å². The van der Waals surface area contributed by atoms with E-state index in [2.05, 4.69) is 10.2 Å². The number of hydrogen-bond donors (Lipinski definition) is 0. The lowest BCUT2D eigenvalue weighted by molar-refractivity contribution is -0.682. The molecule has 2 aromatic rings. The molecule has 1 aromatic carbocycles. The lowest BCUT2D eigenvalue weighted by Gasteiger charge is -2.18. The van der Waals surface area contributed by atoms with Crippen molar-refractivity contribution < 1.29 is 19.3 Å². The van der Waals surface area contributed by atoms with Crippen LogP contribution in [-0.4, -0.2) is 27.2 Å². The second kappa shape index (κ2) is 7.04. The third-order valence-electron chi connectivity index (χ3n) is 2.71. The van der Waals surface area contributed by atoms with Gasteiger partial charge in [0.05, 0.1) is 0 Å². The van der Waals surface area contributed by atoms with Crippen molar-refractivity contribution in [1.82, 2.24) is 9.78 Å². The molecule has 0 aliphatic carbocycles. The number of benzene rings is 1. The molecule has 1 heterocycles. The van der Waals surface area contributed by atoms with E-state index >= 15 is 0 Å². The molecule has 0 unspecified atom stereocenters. The van der Waals surface area contributed by atoms with Crippen molar-refractivity contribution in [2.24, 2.45) is 5.10 Å². The molecule has 0 N–H and O–H groups in total. The van der Waals surface area contributed by atoms with Crippen molar-refractivity contribution in [3.05, 3.63) is 48.5 Å². The average Bonchev–Trinajstić information content (AvgIpc) is 2.84. The molecule has 0 aliphatic rings. The van der Waals surface area contributed by atoms with Crippen molar-refractivity contribution >= 4 is 11.9 Å². The van der Waals surface area contributed by atoms with Crippen LogP contribution in [-0.2, 0) is 22.5 Å². The van der Waals surface area contributed by atoms with Crippen LogP contribution >= 0.6 is 0 Å². The molecule has 0 saturated carbocycles. The van der Waals surface area contributed by atoms with E-state index in [1.54, 1.807) is 20.8 Å². The highest BCUT2D eigenvalue weighted by Crippen LogP contribution is 2.07. The van der Waals surface area contributed by atoms with E-state index in [0.29, 0.717) is 0 Å². The van der Waals surface area contributed by atoms with Crippen molar-refractivity contribution in [3.63, 3.8) is 0 Å². The summed E-state index contributed by atoms with van der Waals surface area (Å²) < 4.78 is 7.86. The van der Waals surface area contributed by atoms with E-state index in [-0.39, 0.29) is 18.9 Å². The van der Waals surface area contributed by atoms with Crippen LogP contribution in [0.4, 0.5) is 0 Å². The Balaban J connectivity index is 1.96. The quantitative estimate of drug-likeness (QED) is 0.343. The summed E-state index contributed by atoms with van der Waals surface area (Å²) in [6.07, 6.45) is 3.05. The van der Waals surface area contributed by atoms with Crippen LogP contribution in [0, 0.1) is 0 Å². The summed E-state index contributed by atoms with van der Waals surface area (Å²) in [5.41, 5.74) is 0.346. The molecule has 0 bridgehead atoms. The first-order valence-electron chi connectivity index (χ1n) is 7.26. The maximum atomic E-state index is 11.9. The summed E-state index contributed by atoms with van der Waals surface area (Å²) >= 11 is 0. The number of nitrogens with zero attached hydrogens (tertiary/aromatic N) is 4. The molecule has 0 atom stereocenters. The number of ether oxygens (including phenoxy) is 1. The zero-order valence-electron chi connectivity index (χ0n) is 13.5. The van der Waals surface area contributed by atoms with Gasteiger partial charge in [0.15, 0.2) is 0 Å². The molecule has 2 rings (SSSR count). The smallest absolute Gasteiger partial charge is 0.344 e. The first-order valence-corrected chi connectivity index (χ1v) is 7.26. The van der Waals surface area contributed by atoms with E-state index in [1.807, 2.05) is 30.3 Å². The molecule has 0 amide bonds. The van der Waals surface area contributed by atoms with Gasteiger partial charge in [0, 0.05) is 17.4 Å². The van der Waals surface area contributed by atoms with Crippen molar-refractivity contribution in [2.75, 3.05) is 0 Å². The second-order valence-corrected chi connectivity index (χ2v) is 6.07. The van der Waals surface area contributed by atoms with Crippen LogP contribution in [0.2, 0.25) is 0 Å². The SMILES string of the molecule is CC(C)(C)OC(=O)Cn1c[n+](N=C([O-])Cc2ccccc2)cn1. The van der Waals surface area contributed by atoms with E-state index in [1.165, 1.54) is 22.0 Å². The Kier molecular flexibility index (Phi) is 5.10. The Morgan fingerprint density at radius 3 is 2.70 bits per heavy atom. The molecule has 0 aliphatic heterocycles. The average molecular weight is 316 g/mol. The zero-order chi connectivity index (χ0) is 16.9. The van der Waals surface area contributed by atoms with Crippen LogP contribution in [0.25, 0.3) is 0 Å². The van der Waals surface area contributed by atoms with Crippen molar-refractivity contribution in [3.8, 4) is 0 Å². The van der Waals surface area contributed by atoms with Crippen molar-refractivity contribution in [2.45, 2.75) is 39.3 Å². The molecule has 23 heavy (non-hydrogen) atoms. The molecule has 1 aromatic heterocycles. The Bertz CT molecular complexity index is 687. The molecule has 122 valence electrons. The minimum absolute atomic E-state index is 0.0351. The number of rotatable bonds is 5. The van der Waals surface area contributed by atoms with Gasteiger partial charge in [-0.15, -0.1) is 14.5 Å². The summed E-state index contributed by atoms with van der Waals surface area (Å²) in [5.74, 6) is -0.693. The zero-order valence-corrected chi connectivity index (χ0v) is 13.5. The largest absolute Gasteiger partial charge is 0.859 e. The Labute approximate surface area is 134 Å². The number of hydrogen-bond acceptors (Lipinski definition) is 5. The van der Waals surface area contributed by atoms with Gasteiger partial charge in [0.25, 0.3) is 6.33 Å². The standard InChI is InChI=1S/C16H20N4O3/c1-16(2,3)23-15(22)10-19-12-20(11-17-19)18-14(21)9-13-7-5-4-6-8-13/h4-8,11-12H,9-10H2,1-3H3. The molecule has 0 spiro atoms. The van der Waals surface area contributed by atoms with E-state index in [9.17, 15) is 9.90 Å². The highest BCUT2D eigenvalue weighted by molar-refractivity contribution is 5.73. The van der Waals surface area contributed by atoms with Gasteiger partial charge in [-0.1, -0.05) is 30.3 Å². The number of carbonyl (C=O) groups excluding carboxylic acids is 1. The molecule has 7 heteroatoms. The number of aromatic nitrogens is 3. The Hall–Kier alpha value is -2.70. The molecule has 7 nitrogen and oxygen atoms in total. The summed E-state index contributed by atoms with van der Waals surface area (Å²) in [7, 11) is 0. The first kappa shape index (κ1) is 16.7. The van der Waals surface area contributed by atoms with Crippen LogP contribution in [0.15, 0.2) is 48.1 Å². The normalized spacial score (nSPS) is 12.2. The predicted octanol–water partition coefficient (Wildman–Crippen LogP) is 0.277. The lowest BCUT2D eigenvalue weighted by atomic mass is 10.1. The summed E-state index contributed by atoms with van der Waals surface area (Å²) in [5, 5.41) is 19.8. The van der Waals surface area contributed by atoms with Gasteiger partial charge in [-0.3, -0.25) is 0 Å². The first-order chi connectivity index (χ1) is 10.8. The fraction of sp³-hybridized carbons (Fsp3) is 0.375. The van der Waals surface area contributed by atoms with Gasteiger partial charge in [0.1, 0.15) is 5.60 Å². The van der Waals surface area contributed by atoms with Crippen molar-refractivity contribution in [1.29, 1.82) is 0 Å². The molecule has 0 saturated heterocycles. The summed E-state index contributed by atoms with van der Waals surface area (Å²) in [4.78, 5) is 11.7. The molecule has 0 radical (unpaired) electrons. The van der Waals surface area contributed by atoms with Gasteiger partial charge in [0.2, 0.25) is 12.9 Å². The fourth-order valence-electron chi connectivity index (χ4n) is 1.89. The highest BCUT2D eigenvalue weighted by Gasteiger charge is 2.19. The minimum Gasteiger partial charge on any atom is -0.859 e. The number of carbonyl (C=O) groups is 1. The molecular weight excluding hydrogens is 296 g/mol. The number of esters is 1. The van der Waals surface area contributed by atoms with Crippen LogP contribution in [0.1, 0.15) is 26.3 Å². The Morgan fingerprint density at radius 1 is 1.35 bits per heavy atom. The van der Waals surface area contributed by atoms with Crippen LogP contribution in [0.5, 0.6) is 0 Å². The third-order valence-corrected chi connectivity index (χ3v) is 2.71. The van der Waals surface area contributed by atoms with Gasteiger partial charge >= 0.3 is 5.97 Å². The Morgan fingerprint density at radius 2 is 2.04 bits per heavy atom. The molecule has 0 fully saturated rings. The highest BCUT2D eigenvalue weighted by atomic mass is 16.6. The van der Waals surface area contributed by atoms with Gasteiger partial charge in [-0.2, -0.15) is 0 Å². The van der Waals surface area contributed by atoms with Gasteiger partial charge < -0.3 is 9.84 Å². The van der Waals surface area contributed by atoms with E-state index < -0.39 is 11.6 Å². The predicted molar refractivity (Wildman–Crippen MR) is 81.2 cm³/mol. The van der Waals surface area contributed by atoms with Crippen LogP contribution < -0.4 is 9.78 Å². The maximum absolute atomic E-state index is 11.9. The van der Waals surface area contributed by atoms with Gasteiger partial charge in [-0.05, 0) is 26.3 Å². The summed E-state index contributed by atoms with van der Waals surface area (Å²) in [6, 6.07) is 9.36.